The molecule has 36 heavy (non-hydrogen) atoms. The summed E-state index contributed by atoms with van der Waals surface area (Å²) in [7, 11) is 0. The van der Waals surface area contributed by atoms with Crippen molar-refractivity contribution in [2.45, 2.75) is 12.8 Å². The van der Waals surface area contributed by atoms with Gasteiger partial charge in [0.05, 0.1) is 11.4 Å². The molecule has 0 aliphatic heterocycles. The molecule has 4 nitrogen and oxygen atoms in total. The molecular formula is C32H28N2O2. The zero-order valence-electron chi connectivity index (χ0n) is 19.9. The van der Waals surface area contributed by atoms with Crippen LogP contribution in [0.15, 0.2) is 121 Å². The van der Waals surface area contributed by atoms with Crippen LogP contribution < -0.4 is 20.9 Å². The van der Waals surface area contributed by atoms with Crippen molar-refractivity contribution in [3.05, 3.63) is 144 Å². The Hall–Kier alpha value is -4.70. The molecule has 0 fully saturated rings. The van der Waals surface area contributed by atoms with Gasteiger partial charge in [-0.1, -0.05) is 72.8 Å². The van der Waals surface area contributed by atoms with Gasteiger partial charge in [0.25, 0.3) is 0 Å². The van der Waals surface area contributed by atoms with Crippen molar-refractivity contribution in [1.82, 2.24) is 0 Å². The maximum absolute atomic E-state index is 6.28. The number of hydrogen-bond acceptors (Lipinski definition) is 4. The van der Waals surface area contributed by atoms with E-state index in [-0.39, 0.29) is 0 Å². The zero-order valence-corrected chi connectivity index (χ0v) is 19.9. The number of nitrogens with two attached hydrogens (primary N) is 2. The molecule has 0 radical (unpaired) electrons. The monoisotopic (exact) mass is 472 g/mol. The second kappa shape index (κ2) is 10.7. The molecule has 178 valence electrons. The third-order valence-electron chi connectivity index (χ3n) is 5.90. The first-order valence-electron chi connectivity index (χ1n) is 11.9. The summed E-state index contributed by atoms with van der Waals surface area (Å²) in [6.07, 6.45) is 1.57. The van der Waals surface area contributed by atoms with Gasteiger partial charge in [-0.05, 0) is 83.6 Å². The van der Waals surface area contributed by atoms with Gasteiger partial charge in [0.2, 0.25) is 0 Å². The lowest BCUT2D eigenvalue weighted by molar-refractivity contribution is 0.484. The Morgan fingerprint density at radius 2 is 0.833 bits per heavy atom. The SMILES string of the molecule is Nc1cc(Cc2cccc(Cc3ccc(Oc4ccccc4)c(N)c3)c2)ccc1Oc1ccccc1. The molecule has 0 spiro atoms. The highest BCUT2D eigenvalue weighted by Crippen LogP contribution is 2.30. The van der Waals surface area contributed by atoms with Crippen LogP contribution in [0.1, 0.15) is 22.3 Å². The average molecular weight is 473 g/mol. The quantitative estimate of drug-likeness (QED) is 0.228. The first-order chi connectivity index (χ1) is 17.6. The van der Waals surface area contributed by atoms with Gasteiger partial charge in [-0.15, -0.1) is 0 Å². The lowest BCUT2D eigenvalue weighted by Gasteiger charge is -2.12. The third kappa shape index (κ3) is 5.86. The van der Waals surface area contributed by atoms with Gasteiger partial charge >= 0.3 is 0 Å². The highest BCUT2D eigenvalue weighted by Gasteiger charge is 2.07. The molecule has 0 saturated carbocycles. The summed E-state index contributed by atoms with van der Waals surface area (Å²) in [4.78, 5) is 0. The van der Waals surface area contributed by atoms with Crippen molar-refractivity contribution in [2.75, 3.05) is 11.5 Å². The molecule has 0 aliphatic rings. The van der Waals surface area contributed by atoms with E-state index in [9.17, 15) is 0 Å². The van der Waals surface area contributed by atoms with Gasteiger partial charge in [-0.25, -0.2) is 0 Å². The fourth-order valence-corrected chi connectivity index (χ4v) is 4.15. The van der Waals surface area contributed by atoms with Crippen molar-refractivity contribution in [3.8, 4) is 23.0 Å². The standard InChI is InChI=1S/C32H28N2O2/c33-29-21-25(14-16-31(29)35-27-10-3-1-4-11-27)19-23-8-7-9-24(18-23)20-26-15-17-32(30(34)22-26)36-28-12-5-2-6-13-28/h1-18,21-22H,19-20,33-34H2. The van der Waals surface area contributed by atoms with E-state index < -0.39 is 0 Å². The lowest BCUT2D eigenvalue weighted by Crippen LogP contribution is -1.97. The van der Waals surface area contributed by atoms with Gasteiger partial charge in [-0.2, -0.15) is 0 Å². The Balaban J connectivity index is 1.25. The first-order valence-corrected chi connectivity index (χ1v) is 11.9. The largest absolute Gasteiger partial charge is 0.455 e. The van der Waals surface area contributed by atoms with Gasteiger partial charge in [0.1, 0.15) is 23.0 Å². The summed E-state index contributed by atoms with van der Waals surface area (Å²) in [6, 6.07) is 39.9. The second-order valence-corrected chi connectivity index (χ2v) is 8.75. The van der Waals surface area contributed by atoms with Crippen LogP contribution >= 0.6 is 0 Å². The zero-order chi connectivity index (χ0) is 24.7. The van der Waals surface area contributed by atoms with Crippen molar-refractivity contribution < 1.29 is 9.47 Å². The summed E-state index contributed by atoms with van der Waals surface area (Å²) in [5, 5.41) is 0. The Morgan fingerprint density at radius 1 is 0.417 bits per heavy atom. The fraction of sp³-hybridized carbons (Fsp3) is 0.0625. The van der Waals surface area contributed by atoms with Crippen LogP contribution in [0.4, 0.5) is 11.4 Å². The topological polar surface area (TPSA) is 70.5 Å². The molecule has 5 rings (SSSR count). The molecule has 5 aromatic rings. The van der Waals surface area contributed by atoms with Crippen molar-refractivity contribution in [3.63, 3.8) is 0 Å². The van der Waals surface area contributed by atoms with E-state index in [1.54, 1.807) is 0 Å². The molecular weight excluding hydrogens is 444 g/mol. The summed E-state index contributed by atoms with van der Waals surface area (Å²) in [5.74, 6) is 2.86. The van der Waals surface area contributed by atoms with Gasteiger partial charge in [-0.3, -0.25) is 0 Å². The Bertz CT molecular complexity index is 1340. The highest BCUT2D eigenvalue weighted by molar-refractivity contribution is 5.57. The smallest absolute Gasteiger partial charge is 0.150 e. The summed E-state index contributed by atoms with van der Waals surface area (Å²) in [6.45, 7) is 0. The fourth-order valence-electron chi connectivity index (χ4n) is 4.15. The van der Waals surface area contributed by atoms with Crippen molar-refractivity contribution in [2.24, 2.45) is 0 Å². The molecule has 0 heterocycles. The molecule has 0 atom stereocenters. The minimum Gasteiger partial charge on any atom is -0.455 e. The highest BCUT2D eigenvalue weighted by atomic mass is 16.5. The van der Waals surface area contributed by atoms with Crippen LogP contribution in [0.5, 0.6) is 23.0 Å². The van der Waals surface area contributed by atoms with Crippen LogP contribution in [0.25, 0.3) is 0 Å². The third-order valence-corrected chi connectivity index (χ3v) is 5.90. The van der Waals surface area contributed by atoms with Crippen LogP contribution in [0, 0.1) is 0 Å². The van der Waals surface area contributed by atoms with E-state index in [0.717, 1.165) is 35.5 Å². The normalized spacial score (nSPS) is 10.7. The molecule has 0 aliphatic carbocycles. The Kier molecular flexibility index (Phi) is 6.86. The molecule has 0 unspecified atom stereocenters. The van der Waals surface area contributed by atoms with Crippen LogP contribution in [-0.4, -0.2) is 0 Å². The molecule has 4 N–H and O–H groups in total. The van der Waals surface area contributed by atoms with Crippen molar-refractivity contribution >= 4 is 11.4 Å². The minimum absolute atomic E-state index is 0.626. The molecule has 0 amide bonds. The van der Waals surface area contributed by atoms with E-state index in [1.165, 1.54) is 11.1 Å². The number of hydrogen-bond donors (Lipinski definition) is 2. The number of ether oxygens (including phenoxy) is 2. The average Bonchev–Trinajstić information content (AvgIpc) is 2.89. The van der Waals surface area contributed by atoms with E-state index in [4.69, 9.17) is 20.9 Å². The molecule has 0 aromatic heterocycles. The number of nitrogen functional groups attached to an aromatic ring is 2. The van der Waals surface area contributed by atoms with Gasteiger partial charge < -0.3 is 20.9 Å². The predicted molar refractivity (Wildman–Crippen MR) is 147 cm³/mol. The number of benzene rings is 5. The van der Waals surface area contributed by atoms with Crippen LogP contribution in [-0.2, 0) is 12.8 Å². The molecule has 0 bridgehead atoms. The number of anilines is 2. The second-order valence-electron chi connectivity index (χ2n) is 8.75. The molecule has 4 heteroatoms. The van der Waals surface area contributed by atoms with E-state index in [1.807, 2.05) is 84.9 Å². The maximum Gasteiger partial charge on any atom is 0.150 e. The van der Waals surface area contributed by atoms with Crippen LogP contribution in [0.3, 0.4) is 0 Å². The number of rotatable bonds is 8. The predicted octanol–water partition coefficient (Wildman–Crippen LogP) is 7.62. The summed E-state index contributed by atoms with van der Waals surface area (Å²) in [5.41, 5.74) is 18.5. The van der Waals surface area contributed by atoms with E-state index >= 15 is 0 Å². The maximum atomic E-state index is 6.28. The van der Waals surface area contributed by atoms with Gasteiger partial charge in [0, 0.05) is 0 Å². The summed E-state index contributed by atoms with van der Waals surface area (Å²) < 4.78 is 11.8. The van der Waals surface area contributed by atoms with Gasteiger partial charge in [0.15, 0.2) is 0 Å². The van der Waals surface area contributed by atoms with Crippen LogP contribution in [0.2, 0.25) is 0 Å². The van der Waals surface area contributed by atoms with Crippen molar-refractivity contribution in [1.29, 1.82) is 0 Å². The minimum atomic E-state index is 0.626. The number of para-hydroxylation sites is 2. The van der Waals surface area contributed by atoms with E-state index in [2.05, 4.69) is 36.4 Å². The first kappa shape index (κ1) is 23.1. The Labute approximate surface area is 211 Å². The molecule has 0 saturated heterocycles. The summed E-state index contributed by atoms with van der Waals surface area (Å²) >= 11 is 0. The molecule has 5 aromatic carbocycles. The Morgan fingerprint density at radius 3 is 1.25 bits per heavy atom. The van der Waals surface area contributed by atoms with E-state index in [0.29, 0.717) is 22.9 Å². The lowest BCUT2D eigenvalue weighted by atomic mass is 9.98.